The highest BCUT2D eigenvalue weighted by atomic mass is 32.2. The summed E-state index contributed by atoms with van der Waals surface area (Å²) >= 11 is 1.69. The molecule has 1 saturated heterocycles. The van der Waals surface area contributed by atoms with Crippen LogP contribution in [0.25, 0.3) is 0 Å². The molecule has 2 heterocycles. The van der Waals surface area contributed by atoms with E-state index in [1.807, 2.05) is 23.3 Å². The second-order valence-electron chi connectivity index (χ2n) is 6.55. The molecule has 1 aromatic carbocycles. The van der Waals surface area contributed by atoms with E-state index in [0.29, 0.717) is 37.6 Å². The third-order valence-corrected chi connectivity index (χ3v) is 7.68. The second-order valence-corrected chi connectivity index (χ2v) is 9.52. The Labute approximate surface area is 164 Å². The zero-order valence-electron chi connectivity index (χ0n) is 15.4. The molecule has 1 aliphatic heterocycles. The molecule has 0 radical (unpaired) electrons. The Hall–Kier alpha value is -1.74. The molecule has 1 aromatic heterocycles. The molecule has 6 nitrogen and oxygen atoms in total. The van der Waals surface area contributed by atoms with Crippen molar-refractivity contribution >= 4 is 27.3 Å². The first kappa shape index (κ1) is 20.0. The van der Waals surface area contributed by atoms with Crippen LogP contribution in [-0.2, 0) is 21.2 Å². The Bertz CT molecular complexity index is 830. The molecule has 146 valence electrons. The molecule has 2 aromatic rings. The van der Waals surface area contributed by atoms with Gasteiger partial charge in [0.25, 0.3) is 0 Å². The fourth-order valence-electron chi connectivity index (χ4n) is 3.15. The van der Waals surface area contributed by atoms with E-state index in [1.54, 1.807) is 41.7 Å². The van der Waals surface area contributed by atoms with Crippen LogP contribution in [0.2, 0.25) is 0 Å². The van der Waals surface area contributed by atoms with Gasteiger partial charge in [-0.25, -0.2) is 8.42 Å². The van der Waals surface area contributed by atoms with Crippen LogP contribution >= 0.6 is 11.3 Å². The van der Waals surface area contributed by atoms with Crippen LogP contribution < -0.4 is 5.32 Å². The van der Waals surface area contributed by atoms with Gasteiger partial charge in [0.15, 0.2) is 0 Å². The van der Waals surface area contributed by atoms with Gasteiger partial charge < -0.3 is 5.32 Å². The molecule has 0 unspecified atom stereocenters. The van der Waals surface area contributed by atoms with Crippen molar-refractivity contribution in [1.82, 2.24) is 14.5 Å². The summed E-state index contributed by atoms with van der Waals surface area (Å²) in [5, 5.41) is 5.01. The molecule has 8 heteroatoms. The van der Waals surface area contributed by atoms with Crippen LogP contribution in [0.4, 0.5) is 0 Å². The number of sulfonamides is 1. The van der Waals surface area contributed by atoms with E-state index in [1.165, 1.54) is 9.18 Å². The van der Waals surface area contributed by atoms with E-state index in [0.717, 1.165) is 6.42 Å². The first-order valence-electron chi connectivity index (χ1n) is 9.08. The zero-order chi connectivity index (χ0) is 19.3. The molecule has 0 saturated carbocycles. The van der Waals surface area contributed by atoms with E-state index in [-0.39, 0.29) is 11.9 Å². The third kappa shape index (κ3) is 4.95. The Morgan fingerprint density at radius 1 is 1.11 bits per heavy atom. The van der Waals surface area contributed by atoms with Crippen molar-refractivity contribution in [3.63, 3.8) is 0 Å². The first-order chi connectivity index (χ1) is 13.0. The Kier molecular flexibility index (Phi) is 6.64. The molecule has 1 amide bonds. The van der Waals surface area contributed by atoms with Gasteiger partial charge in [0.1, 0.15) is 0 Å². The molecule has 1 fully saturated rings. The van der Waals surface area contributed by atoms with E-state index in [2.05, 4.69) is 11.4 Å². The van der Waals surface area contributed by atoms with Crippen molar-refractivity contribution < 1.29 is 13.2 Å². The third-order valence-electron chi connectivity index (χ3n) is 4.83. The average molecular weight is 408 g/mol. The summed E-state index contributed by atoms with van der Waals surface area (Å²) in [7, 11) is -3.46. The maximum absolute atomic E-state index is 12.7. The van der Waals surface area contributed by atoms with Crippen LogP contribution in [0, 0.1) is 0 Å². The molecule has 0 spiro atoms. The maximum Gasteiger partial charge on any atom is 0.243 e. The average Bonchev–Trinajstić information content (AvgIpc) is 3.21. The highest BCUT2D eigenvalue weighted by molar-refractivity contribution is 7.89. The van der Waals surface area contributed by atoms with Crippen LogP contribution in [0.1, 0.15) is 11.8 Å². The second kappa shape index (κ2) is 8.97. The quantitative estimate of drug-likeness (QED) is 0.760. The predicted octanol–water partition coefficient (Wildman–Crippen LogP) is 1.80. The number of benzene rings is 1. The van der Waals surface area contributed by atoms with E-state index in [9.17, 15) is 13.2 Å². The van der Waals surface area contributed by atoms with Gasteiger partial charge in [-0.05, 0) is 36.9 Å². The lowest BCUT2D eigenvalue weighted by Gasteiger charge is -2.36. The summed E-state index contributed by atoms with van der Waals surface area (Å²) in [5.41, 5.74) is 0. The van der Waals surface area contributed by atoms with Crippen molar-refractivity contribution in [2.75, 3.05) is 32.7 Å². The van der Waals surface area contributed by atoms with E-state index in [4.69, 9.17) is 0 Å². The van der Waals surface area contributed by atoms with Gasteiger partial charge in [0, 0.05) is 37.6 Å². The van der Waals surface area contributed by atoms with Crippen LogP contribution in [0.15, 0.2) is 52.7 Å². The first-order valence-corrected chi connectivity index (χ1v) is 11.4. The monoisotopic (exact) mass is 407 g/mol. The highest BCUT2D eigenvalue weighted by Gasteiger charge is 2.31. The predicted molar refractivity (Wildman–Crippen MR) is 107 cm³/mol. The number of nitrogens with one attached hydrogen (secondary N) is 1. The van der Waals surface area contributed by atoms with Crippen LogP contribution in [0.5, 0.6) is 0 Å². The molecule has 1 N–H and O–H groups in total. The van der Waals surface area contributed by atoms with Crippen molar-refractivity contribution in [2.24, 2.45) is 0 Å². The van der Waals surface area contributed by atoms with Crippen molar-refractivity contribution in [3.05, 3.63) is 52.7 Å². The number of nitrogens with zero attached hydrogens (tertiary/aromatic N) is 2. The number of rotatable bonds is 7. The maximum atomic E-state index is 12.7. The lowest BCUT2D eigenvalue weighted by atomic mass is 10.2. The highest BCUT2D eigenvalue weighted by Crippen LogP contribution is 2.18. The summed E-state index contributed by atoms with van der Waals surface area (Å²) in [6.07, 6.45) is 0.833. The summed E-state index contributed by atoms with van der Waals surface area (Å²) in [6, 6.07) is 12.3. The minimum absolute atomic E-state index is 0.00840. The largest absolute Gasteiger partial charge is 0.354 e. The molecule has 3 rings (SSSR count). The summed E-state index contributed by atoms with van der Waals surface area (Å²) < 4.78 is 26.9. The molecule has 1 atom stereocenters. The van der Waals surface area contributed by atoms with Gasteiger partial charge in [-0.2, -0.15) is 4.31 Å². The summed E-state index contributed by atoms with van der Waals surface area (Å²) in [5.74, 6) is -0.00840. The molecule has 1 aliphatic rings. The fraction of sp³-hybridized carbons (Fsp3) is 0.421. The smallest absolute Gasteiger partial charge is 0.243 e. The molecular weight excluding hydrogens is 382 g/mol. The zero-order valence-corrected chi connectivity index (χ0v) is 17.0. The van der Waals surface area contributed by atoms with Crippen molar-refractivity contribution in [1.29, 1.82) is 0 Å². The molecule has 0 bridgehead atoms. The number of carbonyl (C=O) groups is 1. The number of hydrogen-bond acceptors (Lipinski definition) is 5. The number of thiophene rings is 1. The van der Waals surface area contributed by atoms with Gasteiger partial charge in [-0.3, -0.25) is 9.69 Å². The van der Waals surface area contributed by atoms with Gasteiger partial charge in [0.05, 0.1) is 10.9 Å². The lowest BCUT2D eigenvalue weighted by molar-refractivity contribution is -0.126. The van der Waals surface area contributed by atoms with E-state index >= 15 is 0 Å². The molecular formula is C19H25N3O3S2. The number of amides is 1. The Morgan fingerprint density at radius 2 is 1.81 bits per heavy atom. The normalized spacial score (nSPS) is 17.5. The van der Waals surface area contributed by atoms with Gasteiger partial charge in [-0.1, -0.05) is 24.3 Å². The van der Waals surface area contributed by atoms with E-state index < -0.39 is 10.0 Å². The fourth-order valence-corrected chi connectivity index (χ4v) is 5.30. The van der Waals surface area contributed by atoms with Crippen LogP contribution in [-0.4, -0.2) is 62.3 Å². The van der Waals surface area contributed by atoms with Gasteiger partial charge >= 0.3 is 0 Å². The van der Waals surface area contributed by atoms with Crippen molar-refractivity contribution in [3.8, 4) is 0 Å². The van der Waals surface area contributed by atoms with Gasteiger partial charge in [0.2, 0.25) is 15.9 Å². The number of hydrogen-bond donors (Lipinski definition) is 1. The lowest BCUT2D eigenvalue weighted by Crippen LogP contribution is -2.55. The standard InChI is InChI=1S/C19H25N3O3S2/c1-16(19(23)20-10-9-17-6-5-15-26-17)21-11-13-22(14-12-21)27(24,25)18-7-3-2-4-8-18/h2-8,15-16H,9-14H2,1H3,(H,20,23)/t16-/m1/s1. The van der Waals surface area contributed by atoms with Crippen LogP contribution in [0.3, 0.4) is 0 Å². The minimum atomic E-state index is -3.46. The topological polar surface area (TPSA) is 69.7 Å². The minimum Gasteiger partial charge on any atom is -0.354 e. The Balaban J connectivity index is 1.48. The molecule has 0 aliphatic carbocycles. The SMILES string of the molecule is C[C@H](C(=O)NCCc1cccs1)N1CCN(S(=O)(=O)c2ccccc2)CC1. The van der Waals surface area contributed by atoms with Crippen molar-refractivity contribution in [2.45, 2.75) is 24.3 Å². The Morgan fingerprint density at radius 3 is 2.44 bits per heavy atom. The number of carbonyl (C=O) groups excluding carboxylic acids is 1. The molecule has 27 heavy (non-hydrogen) atoms. The number of piperazine rings is 1. The summed E-state index contributed by atoms with van der Waals surface area (Å²) in [4.78, 5) is 16.0. The van der Waals surface area contributed by atoms with Gasteiger partial charge in [-0.15, -0.1) is 11.3 Å². The summed E-state index contributed by atoms with van der Waals surface area (Å²) in [6.45, 7) is 4.37.